The number of imidazole rings is 1. The van der Waals surface area contributed by atoms with E-state index in [9.17, 15) is 27.2 Å². The van der Waals surface area contributed by atoms with Gasteiger partial charge in [-0.3, -0.25) is 14.6 Å². The lowest BCUT2D eigenvalue weighted by atomic mass is 10.0. The van der Waals surface area contributed by atoms with Gasteiger partial charge in [-0.05, 0) is 50.2 Å². The average molecular weight is 517 g/mol. The first-order valence-electron chi connectivity index (χ1n) is 11.2. The molecule has 192 valence electrons. The minimum absolute atomic E-state index is 0.0375. The van der Waals surface area contributed by atoms with Gasteiger partial charge in [-0.25, -0.2) is 13.9 Å². The smallest absolute Gasteiger partial charge is 0.406 e. The largest absolute Gasteiger partial charge is 0.573 e. The number of nitrogens with one attached hydrogen (secondary N) is 2. The van der Waals surface area contributed by atoms with Crippen LogP contribution >= 0.6 is 0 Å². The Hall–Kier alpha value is -4.55. The summed E-state index contributed by atoms with van der Waals surface area (Å²) in [6.07, 6.45) is -2.03. The molecule has 0 fully saturated rings. The molecule has 3 aromatic heterocycles. The molecule has 1 aromatic carbocycles. The summed E-state index contributed by atoms with van der Waals surface area (Å²) in [5, 5.41) is 9.29. The normalized spacial score (nSPS) is 13.5. The number of aryl methyl sites for hydroxylation is 1. The summed E-state index contributed by atoms with van der Waals surface area (Å²) in [7, 11) is 0. The molecule has 9 nitrogen and oxygen atoms in total. The van der Waals surface area contributed by atoms with Gasteiger partial charge in [-0.1, -0.05) is 0 Å². The van der Waals surface area contributed by atoms with Crippen molar-refractivity contribution in [2.24, 2.45) is 0 Å². The summed E-state index contributed by atoms with van der Waals surface area (Å²) in [4.78, 5) is 32.8. The van der Waals surface area contributed by atoms with Gasteiger partial charge in [0.15, 0.2) is 11.5 Å². The Balaban J connectivity index is 1.62. The molecular formula is C24H20F4N6O3. The lowest BCUT2D eigenvalue weighted by molar-refractivity contribution is -0.274. The third-order valence-corrected chi connectivity index (χ3v) is 5.13. The number of rotatable bonds is 6. The van der Waals surface area contributed by atoms with Gasteiger partial charge >= 0.3 is 6.36 Å². The third kappa shape index (κ3) is 6.00. The molecule has 0 aliphatic rings. The van der Waals surface area contributed by atoms with Crippen LogP contribution in [0.1, 0.15) is 42.9 Å². The zero-order valence-electron chi connectivity index (χ0n) is 20.6. The number of alkyl halides is 3. The molecule has 3 heterocycles. The van der Waals surface area contributed by atoms with Crippen molar-refractivity contribution in [2.75, 3.05) is 5.32 Å². The van der Waals surface area contributed by atoms with Crippen molar-refractivity contribution < 1.29 is 33.3 Å². The Bertz CT molecular complexity index is 1550. The van der Waals surface area contributed by atoms with Crippen LogP contribution in [0.15, 0.2) is 48.8 Å². The van der Waals surface area contributed by atoms with Gasteiger partial charge in [-0.2, -0.15) is 5.10 Å². The molecule has 37 heavy (non-hydrogen) atoms. The second kappa shape index (κ2) is 9.84. The molecular weight excluding hydrogens is 496 g/mol. The van der Waals surface area contributed by atoms with Crippen LogP contribution in [-0.2, 0) is 4.79 Å². The highest BCUT2D eigenvalue weighted by molar-refractivity contribution is 5.96. The van der Waals surface area contributed by atoms with Crippen LogP contribution in [0.3, 0.4) is 0 Å². The number of carbonyl (C=O) groups excluding carboxylic acids is 2. The third-order valence-electron chi connectivity index (χ3n) is 5.13. The number of benzene rings is 1. The summed E-state index contributed by atoms with van der Waals surface area (Å²) in [6, 6.07) is 4.77. The van der Waals surface area contributed by atoms with Gasteiger partial charge in [-0.15, -0.1) is 13.2 Å². The molecule has 2 amide bonds. The number of aromatic nitrogens is 4. The second-order valence-corrected chi connectivity index (χ2v) is 7.95. The Morgan fingerprint density at radius 3 is 2.65 bits per heavy atom. The fourth-order valence-corrected chi connectivity index (χ4v) is 3.47. The van der Waals surface area contributed by atoms with E-state index in [0.29, 0.717) is 28.8 Å². The predicted molar refractivity (Wildman–Crippen MR) is 124 cm³/mol. The maximum Gasteiger partial charge on any atom is 0.573 e. The predicted octanol–water partition coefficient (Wildman–Crippen LogP) is 4.59. The Morgan fingerprint density at radius 2 is 1.95 bits per heavy atom. The van der Waals surface area contributed by atoms with Gasteiger partial charge in [0.2, 0.25) is 5.91 Å². The molecule has 0 spiro atoms. The van der Waals surface area contributed by atoms with Crippen LogP contribution in [-0.4, -0.2) is 37.8 Å². The highest BCUT2D eigenvalue weighted by Gasteiger charge is 2.31. The molecule has 0 aliphatic carbocycles. The monoisotopic (exact) mass is 517 g/mol. The fraction of sp³-hybridized carbons (Fsp3) is 0.208. The van der Waals surface area contributed by atoms with Crippen molar-refractivity contribution in [3.05, 3.63) is 71.4 Å². The molecule has 0 bridgehead atoms. The lowest BCUT2D eigenvalue weighted by Crippen LogP contribution is -2.28. The highest BCUT2D eigenvalue weighted by Crippen LogP contribution is 2.28. The van der Waals surface area contributed by atoms with Crippen LogP contribution in [0.2, 0.25) is 0 Å². The molecule has 0 aliphatic heterocycles. The number of amides is 2. The summed E-state index contributed by atoms with van der Waals surface area (Å²) in [6.45, 7) is 4.01. The Kier molecular flexibility index (Phi) is 6.42. The fourth-order valence-electron chi connectivity index (χ4n) is 3.47. The number of carbonyl (C=O) groups is 2. The number of pyridine rings is 1. The van der Waals surface area contributed by atoms with Crippen LogP contribution in [0.5, 0.6) is 5.75 Å². The minimum atomic E-state index is -5.01. The molecule has 0 saturated heterocycles. The maximum absolute atomic E-state index is 14.5. The molecule has 1 atom stereocenters. The van der Waals surface area contributed by atoms with Crippen LogP contribution in [0, 0.1) is 12.7 Å². The van der Waals surface area contributed by atoms with Gasteiger partial charge in [0.05, 0.1) is 30.5 Å². The number of hydrogen-bond acceptors (Lipinski definition) is 6. The van der Waals surface area contributed by atoms with E-state index in [2.05, 4.69) is 30.4 Å². The number of fused-ring (bicyclic) bond motifs is 1. The first-order chi connectivity index (χ1) is 17.7. The summed E-state index contributed by atoms with van der Waals surface area (Å²) < 4.78 is 65.9. The maximum atomic E-state index is 14.5. The number of hydrogen-bond donors (Lipinski definition) is 2. The molecule has 1 unspecified atom stereocenters. The molecule has 13 heteroatoms. The van der Waals surface area contributed by atoms with Gasteiger partial charge < -0.3 is 15.4 Å². The molecule has 4 rings (SSSR count). The van der Waals surface area contributed by atoms with E-state index >= 15 is 0 Å². The summed E-state index contributed by atoms with van der Waals surface area (Å²) >= 11 is 0. The molecule has 0 saturated carbocycles. The number of halogens is 4. The first-order valence-corrected chi connectivity index (χ1v) is 10.7. The zero-order valence-corrected chi connectivity index (χ0v) is 19.6. The SMILES string of the molecule is [2H]C(C)(NC(=O)c1cc(-c2ccc3nc(NC(C)=O)cn3n2)cnc1C)c1cc(OC(F)(F)F)ccc1F. The molecule has 2 N–H and O–H groups in total. The van der Waals surface area contributed by atoms with Crippen molar-refractivity contribution in [3.63, 3.8) is 0 Å². The lowest BCUT2D eigenvalue weighted by Gasteiger charge is -2.18. The van der Waals surface area contributed by atoms with Crippen LogP contribution in [0.25, 0.3) is 16.9 Å². The van der Waals surface area contributed by atoms with Gasteiger partial charge in [0, 0.05) is 24.2 Å². The van der Waals surface area contributed by atoms with Gasteiger partial charge in [0.25, 0.3) is 5.91 Å². The van der Waals surface area contributed by atoms with Crippen molar-refractivity contribution in [3.8, 4) is 17.0 Å². The van der Waals surface area contributed by atoms with Crippen molar-refractivity contribution in [2.45, 2.75) is 33.2 Å². The van der Waals surface area contributed by atoms with E-state index in [1.54, 1.807) is 19.1 Å². The second-order valence-electron chi connectivity index (χ2n) is 7.95. The van der Waals surface area contributed by atoms with E-state index < -0.39 is 35.4 Å². The summed E-state index contributed by atoms with van der Waals surface area (Å²) in [5.74, 6) is -2.54. The first kappa shape index (κ1) is 24.2. The van der Waals surface area contributed by atoms with Gasteiger partial charge in [0.1, 0.15) is 11.6 Å². The number of nitrogens with zero attached hydrogens (tertiary/aromatic N) is 4. The standard InChI is InChI=1S/C24H20F4N6O3/c1-12-18(23(36)30-13(2)17-9-16(4-5-19(17)25)37-24(26,27)28)8-15(10-29-12)20-6-7-22-32-21(31-14(3)35)11-34(22)33-20/h4-11,13H,1-3H3,(H,30,36)(H,31,35)/i13D. The van der Waals surface area contributed by atoms with E-state index in [1.807, 2.05) is 0 Å². The van der Waals surface area contributed by atoms with E-state index in [1.165, 1.54) is 29.9 Å². The van der Waals surface area contributed by atoms with Crippen molar-refractivity contribution in [1.82, 2.24) is 24.9 Å². The summed E-state index contributed by atoms with van der Waals surface area (Å²) in [5.41, 5.74) is 1.08. The topological polar surface area (TPSA) is 111 Å². The minimum Gasteiger partial charge on any atom is -0.406 e. The Morgan fingerprint density at radius 1 is 1.19 bits per heavy atom. The van der Waals surface area contributed by atoms with Crippen LogP contribution in [0.4, 0.5) is 23.4 Å². The average Bonchev–Trinajstić information content (AvgIpc) is 3.20. The number of anilines is 1. The highest BCUT2D eigenvalue weighted by atomic mass is 19.4. The quantitative estimate of drug-likeness (QED) is 0.362. The molecule has 4 aromatic rings. The zero-order chi connectivity index (χ0) is 27.8. The Labute approximate surface area is 208 Å². The number of ether oxygens (including phenoxy) is 1. The van der Waals surface area contributed by atoms with Crippen LogP contribution < -0.4 is 15.4 Å². The molecule has 0 radical (unpaired) electrons. The van der Waals surface area contributed by atoms with E-state index in [-0.39, 0.29) is 17.2 Å². The van der Waals surface area contributed by atoms with Crippen molar-refractivity contribution in [1.29, 1.82) is 0 Å². The van der Waals surface area contributed by atoms with E-state index in [4.69, 9.17) is 1.37 Å². The van der Waals surface area contributed by atoms with Crippen molar-refractivity contribution >= 4 is 23.3 Å². The van der Waals surface area contributed by atoms with E-state index in [0.717, 1.165) is 19.1 Å².